The molecule has 0 fully saturated rings. The Morgan fingerprint density at radius 3 is 2.57 bits per heavy atom. The second-order valence-electron chi connectivity index (χ2n) is 6.78. The Balaban J connectivity index is 1.80. The van der Waals surface area contributed by atoms with Gasteiger partial charge in [-0.25, -0.2) is 0 Å². The Kier molecular flexibility index (Phi) is 7.11. The fraction of sp³-hybridized carbons (Fsp3) is 0.182. The number of carbonyl (C=O) groups is 1. The Morgan fingerprint density at radius 2 is 1.90 bits per heavy atom. The topological polar surface area (TPSA) is 88.4 Å². The molecular weight excluding hydrogens is 404 g/mol. The number of aromatic nitrogens is 1. The van der Waals surface area contributed by atoms with Crippen LogP contribution in [0.25, 0.3) is 0 Å². The molecule has 7 nitrogen and oxygen atoms in total. The van der Waals surface area contributed by atoms with Crippen LogP contribution in [-0.4, -0.2) is 34.3 Å². The number of hydrogen-bond donors (Lipinski definition) is 1. The molecule has 3 rings (SSSR count). The molecule has 1 aromatic heterocycles. The summed E-state index contributed by atoms with van der Waals surface area (Å²) in [6.07, 6.45) is 2.42. The van der Waals surface area contributed by atoms with E-state index in [0.717, 1.165) is 11.3 Å². The Labute approximate surface area is 179 Å². The summed E-state index contributed by atoms with van der Waals surface area (Å²) in [5, 5.41) is 13.9. The van der Waals surface area contributed by atoms with Crippen molar-refractivity contribution in [3.63, 3.8) is 0 Å². The number of nitro groups is 1. The summed E-state index contributed by atoms with van der Waals surface area (Å²) in [6.45, 7) is 0.602. The van der Waals surface area contributed by atoms with Crippen LogP contribution in [0.5, 0.6) is 0 Å². The van der Waals surface area contributed by atoms with E-state index in [9.17, 15) is 14.9 Å². The lowest BCUT2D eigenvalue weighted by molar-refractivity contribution is -0.384. The van der Waals surface area contributed by atoms with Gasteiger partial charge in [0.05, 0.1) is 4.92 Å². The fourth-order valence-corrected chi connectivity index (χ4v) is 3.33. The smallest absolute Gasteiger partial charge is 0.289 e. The lowest BCUT2D eigenvalue weighted by atomic mass is 10.0. The molecule has 2 aromatic carbocycles. The zero-order chi connectivity index (χ0) is 21.5. The molecule has 30 heavy (non-hydrogen) atoms. The molecule has 0 saturated carbocycles. The second-order valence-corrected chi connectivity index (χ2v) is 7.18. The molecule has 1 heterocycles. The first-order valence-corrected chi connectivity index (χ1v) is 9.73. The van der Waals surface area contributed by atoms with Gasteiger partial charge in [-0.05, 0) is 36.9 Å². The molecule has 3 aromatic rings. The number of hydrogen-bond acceptors (Lipinski definition) is 5. The van der Waals surface area contributed by atoms with E-state index in [1.54, 1.807) is 12.3 Å². The summed E-state index contributed by atoms with van der Waals surface area (Å²) in [4.78, 5) is 30.0. The molecule has 1 unspecified atom stereocenters. The van der Waals surface area contributed by atoms with Crippen molar-refractivity contribution in [1.82, 2.24) is 9.88 Å². The van der Waals surface area contributed by atoms with E-state index in [1.807, 2.05) is 60.5 Å². The maximum absolute atomic E-state index is 13.2. The number of rotatable bonds is 8. The normalized spacial score (nSPS) is 11.8. The predicted molar refractivity (Wildman–Crippen MR) is 116 cm³/mol. The van der Waals surface area contributed by atoms with E-state index in [0.29, 0.717) is 18.7 Å². The summed E-state index contributed by atoms with van der Waals surface area (Å²) in [7, 11) is 1.87. The van der Waals surface area contributed by atoms with Gasteiger partial charge >= 0.3 is 0 Å². The molecule has 1 amide bonds. The third-order valence-electron chi connectivity index (χ3n) is 4.66. The summed E-state index contributed by atoms with van der Waals surface area (Å²) in [5.74, 6) is -0.290. The van der Waals surface area contributed by atoms with Crippen molar-refractivity contribution in [2.45, 2.75) is 12.5 Å². The van der Waals surface area contributed by atoms with Crippen LogP contribution in [0.1, 0.15) is 17.3 Å². The summed E-state index contributed by atoms with van der Waals surface area (Å²) < 4.78 is 0. The summed E-state index contributed by atoms with van der Waals surface area (Å²) in [6, 6.07) is 18.7. The number of anilines is 1. The van der Waals surface area contributed by atoms with Crippen LogP contribution in [-0.2, 0) is 11.2 Å². The number of amides is 1. The standard InChI is InChI=1S/C22H21ClN4O3/c1-26(14-12-17-9-5-6-13-24-17)21(16-7-3-2-4-8-16)22(28)25-18-10-11-19(23)20(15-18)27(29)30/h2-11,13,15,21H,12,14H2,1H3,(H,25,28). The van der Waals surface area contributed by atoms with Crippen molar-refractivity contribution in [3.05, 3.63) is 99.3 Å². The van der Waals surface area contributed by atoms with Gasteiger partial charge in [0, 0.05) is 36.6 Å². The van der Waals surface area contributed by atoms with Gasteiger partial charge < -0.3 is 5.32 Å². The number of nitrogens with zero attached hydrogens (tertiary/aromatic N) is 3. The molecule has 0 aliphatic carbocycles. The van der Waals surface area contributed by atoms with Crippen molar-refractivity contribution >= 4 is 28.9 Å². The van der Waals surface area contributed by atoms with E-state index < -0.39 is 11.0 Å². The fourth-order valence-electron chi connectivity index (χ4n) is 3.15. The molecule has 8 heteroatoms. The zero-order valence-corrected chi connectivity index (χ0v) is 17.1. The number of likely N-dealkylation sites (N-methyl/N-ethyl adjacent to an activating group) is 1. The number of nitrogens with one attached hydrogen (secondary N) is 1. The van der Waals surface area contributed by atoms with Crippen molar-refractivity contribution < 1.29 is 9.72 Å². The highest BCUT2D eigenvalue weighted by Crippen LogP contribution is 2.28. The highest BCUT2D eigenvalue weighted by atomic mass is 35.5. The van der Waals surface area contributed by atoms with Crippen LogP contribution in [0.2, 0.25) is 5.02 Å². The molecular formula is C22H21ClN4O3. The van der Waals surface area contributed by atoms with E-state index >= 15 is 0 Å². The average molecular weight is 425 g/mol. The van der Waals surface area contributed by atoms with Crippen molar-refractivity contribution in [1.29, 1.82) is 0 Å². The Morgan fingerprint density at radius 1 is 1.17 bits per heavy atom. The Bertz CT molecular complexity index is 1020. The summed E-state index contributed by atoms with van der Waals surface area (Å²) in [5.41, 5.74) is 1.82. The van der Waals surface area contributed by atoms with Gasteiger partial charge in [-0.1, -0.05) is 48.0 Å². The SMILES string of the molecule is CN(CCc1ccccn1)C(C(=O)Nc1ccc(Cl)c([N+](=O)[O-])c1)c1ccccc1. The molecule has 1 atom stereocenters. The highest BCUT2D eigenvalue weighted by molar-refractivity contribution is 6.32. The molecule has 0 radical (unpaired) electrons. The number of halogens is 1. The Hall–Kier alpha value is -3.29. The van der Waals surface area contributed by atoms with Gasteiger partial charge in [-0.3, -0.25) is 24.8 Å². The maximum atomic E-state index is 13.2. The van der Waals surface area contributed by atoms with Gasteiger partial charge in [0.1, 0.15) is 11.1 Å². The van der Waals surface area contributed by atoms with Crippen LogP contribution in [0.15, 0.2) is 72.9 Å². The lowest BCUT2D eigenvalue weighted by Crippen LogP contribution is -2.36. The number of carbonyl (C=O) groups excluding carboxylic acids is 1. The molecule has 0 bridgehead atoms. The van der Waals surface area contributed by atoms with Crippen LogP contribution >= 0.6 is 11.6 Å². The minimum Gasteiger partial charge on any atom is -0.324 e. The maximum Gasteiger partial charge on any atom is 0.289 e. The number of pyridine rings is 1. The molecule has 154 valence electrons. The first-order valence-electron chi connectivity index (χ1n) is 9.35. The molecule has 0 aliphatic rings. The van der Waals surface area contributed by atoms with Gasteiger partial charge in [0.25, 0.3) is 5.69 Å². The van der Waals surface area contributed by atoms with Gasteiger partial charge in [-0.15, -0.1) is 0 Å². The second kappa shape index (κ2) is 9.96. The highest BCUT2D eigenvalue weighted by Gasteiger charge is 2.26. The number of benzene rings is 2. The van der Waals surface area contributed by atoms with Crippen molar-refractivity contribution in [2.24, 2.45) is 0 Å². The van der Waals surface area contributed by atoms with Gasteiger partial charge in [0.15, 0.2) is 0 Å². The molecule has 0 saturated heterocycles. The minimum absolute atomic E-state index is 0.0186. The van der Waals surface area contributed by atoms with Crippen molar-refractivity contribution in [2.75, 3.05) is 18.9 Å². The lowest BCUT2D eigenvalue weighted by Gasteiger charge is -2.27. The third-order valence-corrected chi connectivity index (χ3v) is 4.98. The monoisotopic (exact) mass is 424 g/mol. The van der Waals surface area contributed by atoms with Crippen LogP contribution in [0.3, 0.4) is 0 Å². The third kappa shape index (κ3) is 5.40. The zero-order valence-electron chi connectivity index (χ0n) is 16.4. The molecule has 0 aliphatic heterocycles. The molecule has 1 N–H and O–H groups in total. The molecule has 0 spiro atoms. The predicted octanol–water partition coefficient (Wildman–Crippen LogP) is 4.50. The van der Waals surface area contributed by atoms with Crippen LogP contribution in [0, 0.1) is 10.1 Å². The van der Waals surface area contributed by atoms with Crippen LogP contribution < -0.4 is 5.32 Å². The largest absolute Gasteiger partial charge is 0.324 e. The average Bonchev–Trinajstić information content (AvgIpc) is 2.75. The van der Waals surface area contributed by atoms with Gasteiger partial charge in [-0.2, -0.15) is 0 Å². The van der Waals surface area contributed by atoms with E-state index in [4.69, 9.17) is 11.6 Å². The quantitative estimate of drug-likeness (QED) is 0.425. The van der Waals surface area contributed by atoms with Crippen LogP contribution in [0.4, 0.5) is 11.4 Å². The van der Waals surface area contributed by atoms with Crippen molar-refractivity contribution in [3.8, 4) is 0 Å². The van der Waals surface area contributed by atoms with Gasteiger partial charge in [0.2, 0.25) is 5.91 Å². The van der Waals surface area contributed by atoms with E-state index in [1.165, 1.54) is 12.1 Å². The summed E-state index contributed by atoms with van der Waals surface area (Å²) >= 11 is 5.87. The minimum atomic E-state index is -0.579. The van der Waals surface area contributed by atoms with E-state index in [-0.39, 0.29) is 16.6 Å². The number of nitro benzene ring substituents is 1. The first-order chi connectivity index (χ1) is 14.5. The first kappa shape index (κ1) is 21.4. The van der Waals surface area contributed by atoms with E-state index in [2.05, 4.69) is 10.3 Å².